The normalized spacial score (nSPS) is 16.6. The number of carboxylic acid groups (broad SMARTS) is 2. The minimum absolute atomic E-state index is 0. The van der Waals surface area contributed by atoms with Crippen LogP contribution in [0.4, 0.5) is 0 Å². The van der Waals surface area contributed by atoms with Crippen LogP contribution in [0.3, 0.4) is 0 Å². The van der Waals surface area contributed by atoms with Crippen molar-refractivity contribution in [2.45, 2.75) is 43.6 Å². The first-order valence-electron chi connectivity index (χ1n) is 8.28. The van der Waals surface area contributed by atoms with Gasteiger partial charge in [-0.3, -0.25) is 0 Å². The molecule has 1 unspecified atom stereocenters. The number of aliphatic carboxylic acids is 2. The average Bonchev–Trinajstić information content (AvgIpc) is 2.54. The Labute approximate surface area is 153 Å². The lowest BCUT2D eigenvalue weighted by molar-refractivity contribution is -0.159. The topological polar surface area (TPSA) is 150 Å². The zero-order valence-corrected chi connectivity index (χ0v) is 15.2. The summed E-state index contributed by atoms with van der Waals surface area (Å²) in [5.74, 6) is -3.25. The van der Waals surface area contributed by atoms with Crippen molar-refractivity contribution in [3.63, 3.8) is 0 Å². The number of hydrogen-bond donors (Lipinski definition) is 4. The van der Waals surface area contributed by atoms with Crippen LogP contribution in [0, 0.1) is 0 Å². The summed E-state index contributed by atoms with van der Waals surface area (Å²) in [4.78, 5) is 20.3. The zero-order valence-electron chi connectivity index (χ0n) is 15.2. The molecule has 1 saturated carbocycles. The number of nitrogens with zero attached hydrogens (tertiary/aromatic N) is 1. The molecule has 1 aromatic carbocycles. The van der Waals surface area contributed by atoms with Crippen LogP contribution in [0.5, 0.6) is 5.75 Å². The summed E-state index contributed by atoms with van der Waals surface area (Å²) in [5, 5.41) is 35.2. The Morgan fingerprint density at radius 3 is 1.88 bits per heavy atom. The van der Waals surface area contributed by atoms with Gasteiger partial charge in [0, 0.05) is 12.5 Å². The van der Waals surface area contributed by atoms with Crippen molar-refractivity contribution in [1.82, 2.24) is 4.90 Å². The Hall–Kier alpha value is -2.16. The molecule has 0 saturated heterocycles. The Morgan fingerprint density at radius 1 is 1.04 bits per heavy atom. The van der Waals surface area contributed by atoms with Crippen LogP contribution < -0.4 is 0 Å². The highest BCUT2D eigenvalue weighted by Crippen LogP contribution is 2.40. The number of carboxylic acids is 2. The quantitative estimate of drug-likeness (QED) is 0.578. The molecule has 26 heavy (non-hydrogen) atoms. The summed E-state index contributed by atoms with van der Waals surface area (Å²) in [6.45, 7) is 0.835. The van der Waals surface area contributed by atoms with E-state index in [9.17, 15) is 10.2 Å². The van der Waals surface area contributed by atoms with Crippen molar-refractivity contribution in [1.29, 1.82) is 0 Å². The van der Waals surface area contributed by atoms with E-state index in [4.69, 9.17) is 19.8 Å². The molecule has 8 heteroatoms. The fourth-order valence-electron chi connectivity index (χ4n) is 3.17. The van der Waals surface area contributed by atoms with E-state index in [-0.39, 0.29) is 17.1 Å². The van der Waals surface area contributed by atoms with Gasteiger partial charge >= 0.3 is 11.9 Å². The highest BCUT2D eigenvalue weighted by molar-refractivity contribution is 6.27. The van der Waals surface area contributed by atoms with E-state index in [1.165, 1.54) is 6.42 Å². The van der Waals surface area contributed by atoms with E-state index in [2.05, 4.69) is 4.90 Å². The van der Waals surface area contributed by atoms with Crippen molar-refractivity contribution in [3.8, 4) is 5.75 Å². The molecule has 8 nitrogen and oxygen atoms in total. The molecular weight excluding hydrogens is 342 g/mol. The standard InChI is InChI=1S/C16H25NO2.C2H2O4.H2O/c1-17(2)12-15(13-6-8-14(18)9-7-13)16(19)10-4-3-5-11-16;3-1(4)2(5)6;/h6-9,15,18-19H,3-5,10-12H2,1-2H3;(H,3,4)(H,5,6);1H2. The molecule has 2 rings (SSSR count). The lowest BCUT2D eigenvalue weighted by Crippen LogP contribution is -2.42. The van der Waals surface area contributed by atoms with Gasteiger partial charge in [-0.2, -0.15) is 0 Å². The predicted octanol–water partition coefficient (Wildman–Crippen LogP) is 1.06. The SMILES string of the molecule is CN(C)CC(c1ccc(O)cc1)C1(O)CCCCC1.O.O=C(O)C(=O)O. The van der Waals surface area contributed by atoms with Gasteiger partial charge in [0.25, 0.3) is 0 Å². The summed E-state index contributed by atoms with van der Waals surface area (Å²) < 4.78 is 0. The maximum Gasteiger partial charge on any atom is 0.414 e. The second kappa shape index (κ2) is 10.7. The van der Waals surface area contributed by atoms with Gasteiger partial charge in [0.2, 0.25) is 0 Å². The molecule has 1 aromatic rings. The molecule has 6 N–H and O–H groups in total. The van der Waals surface area contributed by atoms with Crippen molar-refractivity contribution >= 4 is 11.9 Å². The van der Waals surface area contributed by atoms with E-state index in [1.807, 2.05) is 26.2 Å². The molecular formula is C18H29NO7. The molecule has 1 atom stereocenters. The van der Waals surface area contributed by atoms with Gasteiger partial charge < -0.3 is 30.8 Å². The summed E-state index contributed by atoms with van der Waals surface area (Å²) in [6, 6.07) is 7.31. The minimum atomic E-state index is -1.82. The largest absolute Gasteiger partial charge is 0.508 e. The number of likely N-dealkylation sites (N-methyl/N-ethyl adjacent to an activating group) is 1. The van der Waals surface area contributed by atoms with Gasteiger partial charge in [0.05, 0.1) is 5.60 Å². The van der Waals surface area contributed by atoms with E-state index >= 15 is 0 Å². The van der Waals surface area contributed by atoms with Crippen LogP contribution in [-0.4, -0.2) is 69.0 Å². The highest BCUT2D eigenvalue weighted by atomic mass is 16.4. The minimum Gasteiger partial charge on any atom is -0.508 e. The van der Waals surface area contributed by atoms with Crippen LogP contribution >= 0.6 is 0 Å². The highest BCUT2D eigenvalue weighted by Gasteiger charge is 2.38. The van der Waals surface area contributed by atoms with Crippen LogP contribution in [0.25, 0.3) is 0 Å². The molecule has 1 aliphatic carbocycles. The van der Waals surface area contributed by atoms with Gasteiger partial charge in [0.1, 0.15) is 5.75 Å². The van der Waals surface area contributed by atoms with Gasteiger partial charge in [-0.05, 0) is 44.6 Å². The first kappa shape index (κ1) is 23.8. The first-order chi connectivity index (χ1) is 11.7. The van der Waals surface area contributed by atoms with Crippen LogP contribution in [0.2, 0.25) is 0 Å². The molecule has 1 aliphatic rings. The summed E-state index contributed by atoms with van der Waals surface area (Å²) in [6.07, 6.45) is 5.21. The maximum atomic E-state index is 11.0. The number of aliphatic hydroxyl groups is 1. The third kappa shape index (κ3) is 7.38. The zero-order chi connectivity index (χ0) is 19.0. The molecule has 0 aliphatic heterocycles. The van der Waals surface area contributed by atoms with Crippen molar-refractivity contribution in [2.75, 3.05) is 20.6 Å². The molecule has 0 aromatic heterocycles. The maximum absolute atomic E-state index is 11.0. The third-order valence-corrected chi connectivity index (χ3v) is 4.39. The first-order valence-corrected chi connectivity index (χ1v) is 8.28. The van der Waals surface area contributed by atoms with Crippen molar-refractivity contribution in [3.05, 3.63) is 29.8 Å². The van der Waals surface area contributed by atoms with Gasteiger partial charge in [-0.1, -0.05) is 31.4 Å². The van der Waals surface area contributed by atoms with Crippen LogP contribution in [0.15, 0.2) is 24.3 Å². The van der Waals surface area contributed by atoms with Crippen LogP contribution in [0.1, 0.15) is 43.6 Å². The van der Waals surface area contributed by atoms with Crippen LogP contribution in [-0.2, 0) is 9.59 Å². The molecule has 148 valence electrons. The monoisotopic (exact) mass is 371 g/mol. The molecule has 1 fully saturated rings. The van der Waals surface area contributed by atoms with Gasteiger partial charge in [-0.25, -0.2) is 9.59 Å². The van der Waals surface area contributed by atoms with Gasteiger partial charge in [0.15, 0.2) is 0 Å². The second-order valence-electron chi connectivity index (χ2n) is 6.68. The number of aromatic hydroxyl groups is 1. The molecule has 0 radical (unpaired) electrons. The van der Waals surface area contributed by atoms with Gasteiger partial charge in [-0.15, -0.1) is 0 Å². The number of benzene rings is 1. The van der Waals surface area contributed by atoms with E-state index in [1.54, 1.807) is 12.1 Å². The number of phenols is 1. The fourth-order valence-corrected chi connectivity index (χ4v) is 3.17. The lowest BCUT2D eigenvalue weighted by Gasteiger charge is -2.40. The van der Waals surface area contributed by atoms with Crippen molar-refractivity contribution < 1.29 is 35.5 Å². The summed E-state index contributed by atoms with van der Waals surface area (Å²) in [5.41, 5.74) is 0.523. The lowest BCUT2D eigenvalue weighted by atomic mass is 9.72. The molecule has 0 heterocycles. The van der Waals surface area contributed by atoms with Crippen molar-refractivity contribution in [2.24, 2.45) is 0 Å². The number of hydrogen-bond acceptors (Lipinski definition) is 5. The Kier molecular flexibility index (Phi) is 9.85. The Bertz CT molecular complexity index is 553. The van der Waals surface area contributed by atoms with E-state index in [0.717, 1.165) is 37.8 Å². The molecule has 0 bridgehead atoms. The summed E-state index contributed by atoms with van der Waals surface area (Å²) in [7, 11) is 4.08. The smallest absolute Gasteiger partial charge is 0.414 e. The Morgan fingerprint density at radius 2 is 1.50 bits per heavy atom. The number of phenolic OH excluding ortho intramolecular Hbond substituents is 1. The van der Waals surface area contributed by atoms with E-state index in [0.29, 0.717) is 0 Å². The van der Waals surface area contributed by atoms with E-state index < -0.39 is 17.5 Å². The third-order valence-electron chi connectivity index (χ3n) is 4.39. The predicted molar refractivity (Wildman–Crippen MR) is 96.3 cm³/mol. The Balaban J connectivity index is 0.000000777. The molecule has 0 spiro atoms. The fraction of sp³-hybridized carbons (Fsp3) is 0.556. The number of rotatable bonds is 4. The average molecular weight is 371 g/mol. The molecule has 0 amide bonds. The second-order valence-corrected chi connectivity index (χ2v) is 6.68. The number of carbonyl (C=O) groups is 2. The summed E-state index contributed by atoms with van der Waals surface area (Å²) >= 11 is 0.